The summed E-state index contributed by atoms with van der Waals surface area (Å²) in [7, 11) is 0. The number of halogens is 2. The van der Waals surface area contributed by atoms with Gasteiger partial charge in [0.25, 0.3) is 0 Å². The lowest BCUT2D eigenvalue weighted by atomic mass is 10.0. The highest BCUT2D eigenvalue weighted by Gasteiger charge is 2.11. The third kappa shape index (κ3) is 4.07. The first-order valence-corrected chi connectivity index (χ1v) is 7.50. The van der Waals surface area contributed by atoms with E-state index in [1.807, 2.05) is 24.3 Å². The van der Waals surface area contributed by atoms with Gasteiger partial charge in [-0.05, 0) is 49.2 Å². The van der Waals surface area contributed by atoms with E-state index in [-0.39, 0.29) is 12.1 Å². The minimum absolute atomic E-state index is 0.257. The average molecular weight is 339 g/mol. The van der Waals surface area contributed by atoms with E-state index in [0.29, 0.717) is 0 Å². The zero-order chi connectivity index (χ0) is 13.8. The summed E-state index contributed by atoms with van der Waals surface area (Å²) in [6, 6.07) is 16.9. The molecule has 0 heterocycles. The molecule has 0 aliphatic rings. The van der Waals surface area contributed by atoms with Crippen molar-refractivity contribution in [1.29, 1.82) is 0 Å². The Morgan fingerprint density at radius 2 is 1.53 bits per heavy atom. The van der Waals surface area contributed by atoms with Crippen LogP contribution >= 0.6 is 27.5 Å². The zero-order valence-corrected chi connectivity index (χ0v) is 13.4. The van der Waals surface area contributed by atoms with Crippen LogP contribution in [0, 0.1) is 0 Å². The molecule has 1 unspecified atom stereocenters. The number of rotatable bonds is 4. The molecule has 100 valence electrons. The van der Waals surface area contributed by atoms with Gasteiger partial charge >= 0.3 is 0 Å². The van der Waals surface area contributed by atoms with Crippen molar-refractivity contribution >= 4 is 27.5 Å². The first kappa shape index (κ1) is 14.6. The highest BCUT2D eigenvalue weighted by molar-refractivity contribution is 9.10. The van der Waals surface area contributed by atoms with E-state index >= 15 is 0 Å². The molecule has 2 rings (SSSR count). The zero-order valence-electron chi connectivity index (χ0n) is 11.0. The first-order chi connectivity index (χ1) is 9.06. The summed E-state index contributed by atoms with van der Waals surface area (Å²) in [5.74, 6) is 0. The van der Waals surface area contributed by atoms with Crippen LogP contribution in [-0.2, 0) is 0 Å². The predicted molar refractivity (Wildman–Crippen MR) is 85.6 cm³/mol. The van der Waals surface area contributed by atoms with Crippen LogP contribution in [0.2, 0.25) is 5.02 Å². The minimum Gasteiger partial charge on any atom is -0.304 e. The fourth-order valence-corrected chi connectivity index (χ4v) is 2.73. The number of nitrogens with one attached hydrogen (secondary N) is 1. The van der Waals surface area contributed by atoms with E-state index in [1.165, 1.54) is 11.1 Å². The van der Waals surface area contributed by atoms with Gasteiger partial charge in [0.2, 0.25) is 0 Å². The van der Waals surface area contributed by atoms with E-state index in [1.54, 1.807) is 0 Å². The summed E-state index contributed by atoms with van der Waals surface area (Å²) >= 11 is 9.54. The molecular formula is C16H17BrClN. The molecule has 0 bridgehead atoms. The Bertz CT molecular complexity index is 506. The van der Waals surface area contributed by atoms with Crippen molar-refractivity contribution in [3.05, 3.63) is 69.2 Å². The minimum atomic E-state index is 0.257. The van der Waals surface area contributed by atoms with Crippen LogP contribution in [0.4, 0.5) is 0 Å². The number of hydrogen-bond donors (Lipinski definition) is 1. The molecule has 0 aliphatic carbocycles. The second-order valence-corrected chi connectivity index (χ2v) is 6.07. The Kier molecular flexibility index (Phi) is 5.03. The highest BCUT2D eigenvalue weighted by atomic mass is 79.9. The van der Waals surface area contributed by atoms with Crippen LogP contribution in [0.25, 0.3) is 0 Å². The summed E-state index contributed by atoms with van der Waals surface area (Å²) in [4.78, 5) is 0. The second kappa shape index (κ2) is 6.56. The van der Waals surface area contributed by atoms with Crippen LogP contribution in [0.1, 0.15) is 37.1 Å². The van der Waals surface area contributed by atoms with E-state index < -0.39 is 0 Å². The highest BCUT2D eigenvalue weighted by Crippen LogP contribution is 2.23. The van der Waals surface area contributed by atoms with Gasteiger partial charge in [-0.1, -0.05) is 51.8 Å². The summed E-state index contributed by atoms with van der Waals surface area (Å²) < 4.78 is 1.11. The van der Waals surface area contributed by atoms with Crippen LogP contribution in [-0.4, -0.2) is 0 Å². The third-order valence-electron chi connectivity index (χ3n) is 3.20. The summed E-state index contributed by atoms with van der Waals surface area (Å²) in [5.41, 5.74) is 2.47. The second-order valence-electron chi connectivity index (χ2n) is 4.72. The van der Waals surface area contributed by atoms with Gasteiger partial charge in [-0.3, -0.25) is 0 Å². The molecule has 2 atom stereocenters. The van der Waals surface area contributed by atoms with Gasteiger partial charge in [0.05, 0.1) is 0 Å². The standard InChI is InChI=1S/C16H17BrClN/c1-11(13-5-3-7-15(17)9-13)19-12(2)14-6-4-8-16(18)10-14/h3-12,19H,1-2H3/t11?,12-/m0/s1. The lowest BCUT2D eigenvalue weighted by Gasteiger charge is -2.21. The van der Waals surface area contributed by atoms with Gasteiger partial charge in [-0.25, -0.2) is 0 Å². The Balaban J connectivity index is 2.08. The van der Waals surface area contributed by atoms with Crippen molar-refractivity contribution in [3.63, 3.8) is 0 Å². The van der Waals surface area contributed by atoms with E-state index in [0.717, 1.165) is 9.50 Å². The lowest BCUT2D eigenvalue weighted by Crippen LogP contribution is -2.22. The van der Waals surface area contributed by atoms with Crippen molar-refractivity contribution in [2.75, 3.05) is 0 Å². The van der Waals surface area contributed by atoms with Gasteiger partial charge < -0.3 is 5.32 Å². The molecule has 0 aromatic heterocycles. The monoisotopic (exact) mass is 337 g/mol. The molecule has 0 saturated heterocycles. The van der Waals surface area contributed by atoms with Crippen LogP contribution in [0.15, 0.2) is 53.0 Å². The SMILES string of the molecule is CC(N[C@@H](C)c1cccc(Cl)c1)c1cccc(Br)c1. The predicted octanol–water partition coefficient (Wildman–Crippen LogP) is 5.51. The molecule has 2 aromatic rings. The molecule has 0 radical (unpaired) electrons. The van der Waals surface area contributed by atoms with Crippen molar-refractivity contribution in [3.8, 4) is 0 Å². The van der Waals surface area contributed by atoms with Crippen LogP contribution in [0.5, 0.6) is 0 Å². The molecule has 0 amide bonds. The van der Waals surface area contributed by atoms with Crippen molar-refractivity contribution in [2.24, 2.45) is 0 Å². The number of hydrogen-bond acceptors (Lipinski definition) is 1. The van der Waals surface area contributed by atoms with Gasteiger partial charge in [-0.2, -0.15) is 0 Å². The molecule has 2 aromatic carbocycles. The average Bonchev–Trinajstić information content (AvgIpc) is 2.38. The normalized spacial score (nSPS) is 14.1. The first-order valence-electron chi connectivity index (χ1n) is 6.33. The van der Waals surface area contributed by atoms with Gasteiger partial charge in [0.1, 0.15) is 0 Å². The molecule has 1 N–H and O–H groups in total. The lowest BCUT2D eigenvalue weighted by molar-refractivity contribution is 0.494. The summed E-state index contributed by atoms with van der Waals surface area (Å²) in [6.07, 6.45) is 0. The Morgan fingerprint density at radius 3 is 2.11 bits per heavy atom. The number of benzene rings is 2. The Labute approximate surface area is 128 Å². The van der Waals surface area contributed by atoms with Crippen molar-refractivity contribution < 1.29 is 0 Å². The van der Waals surface area contributed by atoms with Gasteiger partial charge in [0, 0.05) is 21.6 Å². The Hall–Kier alpha value is -0.830. The Morgan fingerprint density at radius 1 is 0.947 bits per heavy atom. The van der Waals surface area contributed by atoms with E-state index in [9.17, 15) is 0 Å². The van der Waals surface area contributed by atoms with Crippen molar-refractivity contribution in [2.45, 2.75) is 25.9 Å². The van der Waals surface area contributed by atoms with Crippen LogP contribution < -0.4 is 5.32 Å². The molecule has 3 heteroatoms. The molecule has 0 saturated carbocycles. The van der Waals surface area contributed by atoms with Crippen molar-refractivity contribution in [1.82, 2.24) is 5.32 Å². The molecular weight excluding hydrogens is 322 g/mol. The van der Waals surface area contributed by atoms with E-state index in [2.05, 4.69) is 59.4 Å². The molecule has 19 heavy (non-hydrogen) atoms. The quantitative estimate of drug-likeness (QED) is 0.774. The molecule has 1 nitrogen and oxygen atoms in total. The fourth-order valence-electron chi connectivity index (χ4n) is 2.12. The topological polar surface area (TPSA) is 12.0 Å². The summed E-state index contributed by atoms with van der Waals surface area (Å²) in [5, 5.41) is 4.37. The largest absolute Gasteiger partial charge is 0.304 e. The fraction of sp³-hybridized carbons (Fsp3) is 0.250. The third-order valence-corrected chi connectivity index (χ3v) is 3.93. The van der Waals surface area contributed by atoms with E-state index in [4.69, 9.17) is 11.6 Å². The van der Waals surface area contributed by atoms with Gasteiger partial charge in [-0.15, -0.1) is 0 Å². The molecule has 0 aliphatic heterocycles. The summed E-state index contributed by atoms with van der Waals surface area (Å²) in [6.45, 7) is 4.32. The smallest absolute Gasteiger partial charge is 0.0409 e. The van der Waals surface area contributed by atoms with Gasteiger partial charge in [0.15, 0.2) is 0 Å². The maximum Gasteiger partial charge on any atom is 0.0409 e. The van der Waals surface area contributed by atoms with Crippen LogP contribution in [0.3, 0.4) is 0 Å². The maximum absolute atomic E-state index is 6.03. The molecule has 0 fully saturated rings. The molecule has 0 spiro atoms. The maximum atomic E-state index is 6.03.